The molecule has 0 radical (unpaired) electrons. The summed E-state index contributed by atoms with van der Waals surface area (Å²) in [7, 11) is 0. The van der Waals surface area contributed by atoms with Gasteiger partial charge in [0.1, 0.15) is 5.76 Å². The number of oxazole rings is 1. The van der Waals surface area contributed by atoms with Crippen LogP contribution in [0, 0.1) is 6.92 Å². The first-order valence-corrected chi connectivity index (χ1v) is 6.60. The molecule has 100 valence electrons. The van der Waals surface area contributed by atoms with Crippen LogP contribution in [0.5, 0.6) is 0 Å². The van der Waals surface area contributed by atoms with Crippen LogP contribution in [0.1, 0.15) is 36.5 Å². The standard InChI is InChI=1S/C13H21N3O2/c1-4-15(5-2)11-6-7-16(8-11)13(17)12-10(3)18-9-14-12/h9,11H,4-8H2,1-3H3/t11-/m1/s1. The molecule has 5 nitrogen and oxygen atoms in total. The monoisotopic (exact) mass is 251 g/mol. The van der Waals surface area contributed by atoms with Gasteiger partial charge in [-0.2, -0.15) is 0 Å². The van der Waals surface area contributed by atoms with Crippen molar-refractivity contribution in [3.8, 4) is 0 Å². The van der Waals surface area contributed by atoms with Gasteiger partial charge in [0.2, 0.25) is 0 Å². The Kier molecular flexibility index (Phi) is 4.01. The molecule has 0 unspecified atom stereocenters. The Hall–Kier alpha value is -1.36. The minimum Gasteiger partial charge on any atom is -0.448 e. The SMILES string of the molecule is CCN(CC)[C@@H]1CCN(C(=O)c2ncoc2C)C1. The summed E-state index contributed by atoms with van der Waals surface area (Å²) in [5.41, 5.74) is 0.454. The average molecular weight is 251 g/mol. The molecule has 1 aromatic rings. The first kappa shape index (κ1) is 13.1. The van der Waals surface area contributed by atoms with Crippen LogP contribution in [0.3, 0.4) is 0 Å². The molecule has 2 rings (SSSR count). The van der Waals surface area contributed by atoms with Gasteiger partial charge in [0.05, 0.1) is 0 Å². The Labute approximate surface area is 108 Å². The second-order valence-electron chi connectivity index (χ2n) is 4.67. The molecular weight excluding hydrogens is 230 g/mol. The van der Waals surface area contributed by atoms with E-state index in [1.54, 1.807) is 6.92 Å². The lowest BCUT2D eigenvalue weighted by Gasteiger charge is -2.25. The van der Waals surface area contributed by atoms with Crippen molar-refractivity contribution >= 4 is 5.91 Å². The number of likely N-dealkylation sites (tertiary alicyclic amines) is 1. The molecular formula is C13H21N3O2. The lowest BCUT2D eigenvalue weighted by molar-refractivity contribution is 0.0771. The van der Waals surface area contributed by atoms with Gasteiger partial charge in [-0.05, 0) is 26.4 Å². The summed E-state index contributed by atoms with van der Waals surface area (Å²) in [5, 5.41) is 0. The molecule has 2 heterocycles. The summed E-state index contributed by atoms with van der Waals surface area (Å²) in [6, 6.07) is 0.483. The molecule has 0 aliphatic carbocycles. The Bertz CT molecular complexity index is 412. The molecule has 1 aromatic heterocycles. The molecule has 1 atom stereocenters. The van der Waals surface area contributed by atoms with E-state index in [1.807, 2.05) is 4.90 Å². The van der Waals surface area contributed by atoms with Crippen LogP contribution in [0.25, 0.3) is 0 Å². The summed E-state index contributed by atoms with van der Waals surface area (Å²) in [5.74, 6) is 0.599. The second kappa shape index (κ2) is 5.52. The number of hydrogen-bond acceptors (Lipinski definition) is 4. The van der Waals surface area contributed by atoms with Crippen molar-refractivity contribution in [3.63, 3.8) is 0 Å². The number of aryl methyl sites for hydroxylation is 1. The Morgan fingerprint density at radius 1 is 1.56 bits per heavy atom. The molecule has 1 aliphatic heterocycles. The van der Waals surface area contributed by atoms with Crippen molar-refractivity contribution in [2.75, 3.05) is 26.2 Å². The van der Waals surface area contributed by atoms with Gasteiger partial charge in [-0.3, -0.25) is 9.69 Å². The van der Waals surface area contributed by atoms with Crippen LogP contribution in [0.2, 0.25) is 0 Å². The maximum atomic E-state index is 12.3. The van der Waals surface area contributed by atoms with Crippen molar-refractivity contribution < 1.29 is 9.21 Å². The molecule has 18 heavy (non-hydrogen) atoms. The molecule has 0 aromatic carbocycles. The Balaban J connectivity index is 2.01. The summed E-state index contributed by atoms with van der Waals surface area (Å²) >= 11 is 0. The van der Waals surface area contributed by atoms with Gasteiger partial charge in [-0.15, -0.1) is 0 Å². The first-order chi connectivity index (χ1) is 8.67. The fourth-order valence-electron chi connectivity index (χ4n) is 2.62. The number of likely N-dealkylation sites (N-methyl/N-ethyl adjacent to an activating group) is 1. The number of nitrogens with zero attached hydrogens (tertiary/aromatic N) is 3. The number of aromatic nitrogens is 1. The summed E-state index contributed by atoms with van der Waals surface area (Å²) < 4.78 is 5.09. The van der Waals surface area contributed by atoms with E-state index in [1.165, 1.54) is 6.39 Å². The molecule has 5 heteroatoms. The Morgan fingerprint density at radius 3 is 2.83 bits per heavy atom. The zero-order valence-corrected chi connectivity index (χ0v) is 11.3. The first-order valence-electron chi connectivity index (χ1n) is 6.60. The smallest absolute Gasteiger partial charge is 0.276 e. The fourth-order valence-corrected chi connectivity index (χ4v) is 2.62. The van der Waals surface area contributed by atoms with Gasteiger partial charge in [-0.25, -0.2) is 4.98 Å². The molecule has 1 fully saturated rings. The van der Waals surface area contributed by atoms with Crippen LogP contribution >= 0.6 is 0 Å². The van der Waals surface area contributed by atoms with Crippen LogP contribution < -0.4 is 0 Å². The Morgan fingerprint density at radius 2 is 2.28 bits per heavy atom. The predicted molar refractivity (Wildman–Crippen MR) is 68.5 cm³/mol. The van der Waals surface area contributed by atoms with Crippen LogP contribution in [0.15, 0.2) is 10.8 Å². The number of carbonyl (C=O) groups excluding carboxylic acids is 1. The maximum absolute atomic E-state index is 12.3. The highest BCUT2D eigenvalue weighted by molar-refractivity contribution is 5.93. The average Bonchev–Trinajstić information content (AvgIpc) is 2.99. The topological polar surface area (TPSA) is 49.6 Å². The zero-order valence-electron chi connectivity index (χ0n) is 11.3. The third-order valence-electron chi connectivity index (χ3n) is 3.73. The largest absolute Gasteiger partial charge is 0.448 e. The van der Waals surface area contributed by atoms with Gasteiger partial charge in [0.15, 0.2) is 12.1 Å². The van der Waals surface area contributed by atoms with E-state index in [-0.39, 0.29) is 5.91 Å². The number of rotatable bonds is 4. The van der Waals surface area contributed by atoms with Crippen LogP contribution in [-0.2, 0) is 0 Å². The quantitative estimate of drug-likeness (QED) is 0.814. The highest BCUT2D eigenvalue weighted by atomic mass is 16.3. The fraction of sp³-hybridized carbons (Fsp3) is 0.692. The molecule has 0 spiro atoms. The van der Waals surface area contributed by atoms with Crippen LogP contribution in [0.4, 0.5) is 0 Å². The third kappa shape index (κ3) is 2.41. The lowest BCUT2D eigenvalue weighted by atomic mass is 10.2. The minimum absolute atomic E-state index is 0.00379. The molecule has 1 saturated heterocycles. The number of hydrogen-bond donors (Lipinski definition) is 0. The number of amides is 1. The highest BCUT2D eigenvalue weighted by Crippen LogP contribution is 2.18. The molecule has 0 saturated carbocycles. The van der Waals surface area contributed by atoms with E-state index in [0.717, 1.165) is 32.6 Å². The zero-order chi connectivity index (χ0) is 13.1. The van der Waals surface area contributed by atoms with E-state index >= 15 is 0 Å². The normalized spacial score (nSPS) is 19.8. The van der Waals surface area contributed by atoms with Crippen LogP contribution in [-0.4, -0.2) is 52.9 Å². The predicted octanol–water partition coefficient (Wildman–Crippen LogP) is 1.54. The maximum Gasteiger partial charge on any atom is 0.276 e. The van der Waals surface area contributed by atoms with Crippen molar-refractivity contribution in [2.24, 2.45) is 0 Å². The summed E-state index contributed by atoms with van der Waals surface area (Å²) in [4.78, 5) is 20.5. The minimum atomic E-state index is -0.00379. The van der Waals surface area contributed by atoms with Gasteiger partial charge < -0.3 is 9.32 Å². The van der Waals surface area contributed by atoms with Crippen molar-refractivity contribution in [1.82, 2.24) is 14.8 Å². The summed E-state index contributed by atoms with van der Waals surface area (Å²) in [6.07, 6.45) is 2.38. The van der Waals surface area contributed by atoms with Crippen molar-refractivity contribution in [1.29, 1.82) is 0 Å². The van der Waals surface area contributed by atoms with E-state index in [0.29, 0.717) is 17.5 Å². The van der Waals surface area contributed by atoms with Gasteiger partial charge >= 0.3 is 0 Å². The lowest BCUT2D eigenvalue weighted by Crippen LogP contribution is -2.38. The number of carbonyl (C=O) groups is 1. The molecule has 1 amide bonds. The second-order valence-corrected chi connectivity index (χ2v) is 4.67. The van der Waals surface area contributed by atoms with Gasteiger partial charge in [0.25, 0.3) is 5.91 Å². The molecule has 1 aliphatic rings. The highest BCUT2D eigenvalue weighted by Gasteiger charge is 2.31. The summed E-state index contributed by atoms with van der Waals surface area (Å²) in [6.45, 7) is 9.78. The van der Waals surface area contributed by atoms with Gasteiger partial charge in [0, 0.05) is 19.1 Å². The molecule has 0 bridgehead atoms. The van der Waals surface area contributed by atoms with Crippen molar-refractivity contribution in [2.45, 2.75) is 33.2 Å². The van der Waals surface area contributed by atoms with E-state index < -0.39 is 0 Å². The van der Waals surface area contributed by atoms with E-state index in [9.17, 15) is 4.79 Å². The van der Waals surface area contributed by atoms with E-state index in [2.05, 4.69) is 23.7 Å². The van der Waals surface area contributed by atoms with E-state index in [4.69, 9.17) is 4.42 Å². The van der Waals surface area contributed by atoms with Gasteiger partial charge in [-0.1, -0.05) is 13.8 Å². The third-order valence-corrected chi connectivity index (χ3v) is 3.73. The molecule has 0 N–H and O–H groups in total. The van der Waals surface area contributed by atoms with Crippen molar-refractivity contribution in [3.05, 3.63) is 17.8 Å².